The Morgan fingerprint density at radius 3 is 2.38 bits per heavy atom. The van der Waals surface area contributed by atoms with E-state index in [1.54, 1.807) is 19.1 Å². The van der Waals surface area contributed by atoms with E-state index in [1.165, 1.54) is 12.7 Å². The van der Waals surface area contributed by atoms with Gasteiger partial charge in [0, 0.05) is 22.3 Å². The highest BCUT2D eigenvalue weighted by Crippen LogP contribution is 2.54. The Balaban J connectivity index is 1.86. The minimum Gasteiger partial charge on any atom is -0.466 e. The molecule has 1 aliphatic heterocycles. The predicted molar refractivity (Wildman–Crippen MR) is 123 cm³/mol. The molecule has 0 spiro atoms. The van der Waals surface area contributed by atoms with Gasteiger partial charge in [-0.2, -0.15) is 0 Å². The zero-order valence-electron chi connectivity index (χ0n) is 18.4. The van der Waals surface area contributed by atoms with Crippen molar-refractivity contribution in [3.8, 4) is 0 Å². The number of allylic oxidation sites excluding steroid dienone is 2. The van der Waals surface area contributed by atoms with Crippen molar-refractivity contribution in [1.82, 2.24) is 5.32 Å². The molecule has 1 N–H and O–H groups in total. The third-order valence-electron chi connectivity index (χ3n) is 6.07. The van der Waals surface area contributed by atoms with Crippen molar-refractivity contribution in [2.75, 3.05) is 13.7 Å². The van der Waals surface area contributed by atoms with Crippen molar-refractivity contribution in [2.45, 2.75) is 32.1 Å². The Hall–Kier alpha value is -3.05. The Morgan fingerprint density at radius 2 is 1.72 bits per heavy atom. The summed E-state index contributed by atoms with van der Waals surface area (Å²) in [4.78, 5) is 26.1. The van der Waals surface area contributed by atoms with Crippen LogP contribution < -0.4 is 5.32 Å². The zero-order chi connectivity index (χ0) is 22.8. The maximum Gasteiger partial charge on any atom is 0.336 e. The summed E-state index contributed by atoms with van der Waals surface area (Å²) in [5, 5.41) is 3.90. The van der Waals surface area contributed by atoms with E-state index < -0.39 is 17.9 Å². The second-order valence-corrected chi connectivity index (χ2v) is 8.49. The van der Waals surface area contributed by atoms with Crippen LogP contribution >= 0.6 is 11.6 Å². The lowest BCUT2D eigenvalue weighted by Gasteiger charge is -2.32. The van der Waals surface area contributed by atoms with E-state index in [4.69, 9.17) is 21.1 Å². The molecule has 1 heterocycles. The molecule has 4 rings (SSSR count). The molecule has 2 aromatic rings. The van der Waals surface area contributed by atoms with Gasteiger partial charge in [-0.1, -0.05) is 54.1 Å². The molecule has 1 aliphatic carbocycles. The lowest BCUT2D eigenvalue weighted by Crippen LogP contribution is -2.34. The van der Waals surface area contributed by atoms with Crippen molar-refractivity contribution in [2.24, 2.45) is 5.92 Å². The van der Waals surface area contributed by atoms with Crippen LogP contribution in [0.4, 0.5) is 0 Å². The number of ether oxygens (including phenoxy) is 2. The van der Waals surface area contributed by atoms with Crippen LogP contribution in [-0.4, -0.2) is 25.7 Å². The largest absolute Gasteiger partial charge is 0.466 e. The summed E-state index contributed by atoms with van der Waals surface area (Å²) >= 11 is 6.28. The van der Waals surface area contributed by atoms with Gasteiger partial charge in [-0.05, 0) is 49.4 Å². The standard InChI is InChI=1S/C26H26ClNO4/c1-4-32-26(30)23-22(17-11-8-12-18(27)13-17)21(25(29)31-3)15(2)28-24(23)20-14-19(20)16-9-6-5-7-10-16/h5-13,19-20,22,28H,4,14H2,1-3H3/t19-,20+,22?/m0/s1. The average Bonchev–Trinajstić information content (AvgIpc) is 3.59. The molecule has 0 bridgehead atoms. The van der Waals surface area contributed by atoms with Crippen LogP contribution in [0.5, 0.6) is 0 Å². The number of benzene rings is 2. The van der Waals surface area contributed by atoms with Gasteiger partial charge >= 0.3 is 11.9 Å². The van der Waals surface area contributed by atoms with E-state index in [0.717, 1.165) is 17.7 Å². The van der Waals surface area contributed by atoms with Crippen molar-refractivity contribution in [1.29, 1.82) is 0 Å². The molecule has 6 heteroatoms. The van der Waals surface area contributed by atoms with Gasteiger partial charge in [-0.25, -0.2) is 9.59 Å². The number of rotatable bonds is 6. The van der Waals surface area contributed by atoms with Crippen LogP contribution in [0, 0.1) is 5.92 Å². The van der Waals surface area contributed by atoms with Crippen LogP contribution in [-0.2, 0) is 19.1 Å². The van der Waals surface area contributed by atoms with Gasteiger partial charge in [0.25, 0.3) is 0 Å². The van der Waals surface area contributed by atoms with E-state index in [2.05, 4.69) is 17.4 Å². The quantitative estimate of drug-likeness (QED) is 0.619. The monoisotopic (exact) mass is 451 g/mol. The van der Waals surface area contributed by atoms with Gasteiger partial charge in [0.15, 0.2) is 0 Å². The third kappa shape index (κ3) is 4.17. The summed E-state index contributed by atoms with van der Waals surface area (Å²) in [7, 11) is 1.34. The highest BCUT2D eigenvalue weighted by molar-refractivity contribution is 6.30. The molecule has 1 saturated carbocycles. The first kappa shape index (κ1) is 22.2. The molecular weight excluding hydrogens is 426 g/mol. The van der Waals surface area contributed by atoms with E-state index in [-0.39, 0.29) is 12.5 Å². The van der Waals surface area contributed by atoms with E-state index >= 15 is 0 Å². The first-order valence-corrected chi connectivity index (χ1v) is 11.1. The Kier molecular flexibility index (Phi) is 6.38. The number of hydrogen-bond acceptors (Lipinski definition) is 5. The van der Waals surface area contributed by atoms with Gasteiger partial charge in [0.1, 0.15) is 0 Å². The third-order valence-corrected chi connectivity index (χ3v) is 6.30. The lowest BCUT2D eigenvalue weighted by molar-refractivity contribution is -0.139. The van der Waals surface area contributed by atoms with Crippen LogP contribution in [0.2, 0.25) is 5.02 Å². The Labute approximate surface area is 193 Å². The molecule has 0 amide bonds. The van der Waals surface area contributed by atoms with Gasteiger partial charge in [0.05, 0.1) is 30.8 Å². The van der Waals surface area contributed by atoms with Crippen LogP contribution in [0.15, 0.2) is 77.1 Å². The molecule has 166 valence electrons. The summed E-state index contributed by atoms with van der Waals surface area (Å²) in [5.41, 5.74) is 4.30. The number of halogens is 1. The second kappa shape index (κ2) is 9.21. The summed E-state index contributed by atoms with van der Waals surface area (Å²) in [6, 6.07) is 17.5. The topological polar surface area (TPSA) is 64.6 Å². The number of carbonyl (C=O) groups excluding carboxylic acids is 2. The molecule has 1 fully saturated rings. The molecule has 1 unspecified atom stereocenters. The minimum absolute atomic E-state index is 0.132. The fourth-order valence-electron chi connectivity index (χ4n) is 4.57. The van der Waals surface area contributed by atoms with Crippen molar-refractivity contribution in [3.05, 3.63) is 93.3 Å². The smallest absolute Gasteiger partial charge is 0.336 e. The average molecular weight is 452 g/mol. The molecule has 5 nitrogen and oxygen atoms in total. The van der Waals surface area contributed by atoms with Gasteiger partial charge in [0.2, 0.25) is 0 Å². The highest BCUT2D eigenvalue weighted by atomic mass is 35.5. The highest BCUT2D eigenvalue weighted by Gasteiger charge is 2.48. The minimum atomic E-state index is -0.631. The summed E-state index contributed by atoms with van der Waals surface area (Å²) in [6.45, 7) is 3.85. The number of carbonyl (C=O) groups is 2. The maximum absolute atomic E-state index is 13.3. The summed E-state index contributed by atoms with van der Waals surface area (Å²) in [5.74, 6) is -1.12. The van der Waals surface area contributed by atoms with Crippen molar-refractivity contribution < 1.29 is 19.1 Å². The molecule has 0 radical (unpaired) electrons. The van der Waals surface area contributed by atoms with E-state index in [0.29, 0.717) is 27.8 Å². The van der Waals surface area contributed by atoms with Crippen molar-refractivity contribution in [3.63, 3.8) is 0 Å². The van der Waals surface area contributed by atoms with E-state index in [1.807, 2.05) is 37.3 Å². The lowest BCUT2D eigenvalue weighted by atomic mass is 9.79. The zero-order valence-corrected chi connectivity index (χ0v) is 19.1. The second-order valence-electron chi connectivity index (χ2n) is 8.05. The fourth-order valence-corrected chi connectivity index (χ4v) is 4.76. The maximum atomic E-state index is 13.3. The molecule has 2 aliphatic rings. The Morgan fingerprint density at radius 1 is 1.00 bits per heavy atom. The SMILES string of the molecule is CCOC(=O)C1=C([C@@H]2C[C@H]2c2ccccc2)NC(C)=C(C(=O)OC)C1c1cccc(Cl)c1. The first-order valence-electron chi connectivity index (χ1n) is 10.7. The van der Waals surface area contributed by atoms with Crippen molar-refractivity contribution >= 4 is 23.5 Å². The summed E-state index contributed by atoms with van der Waals surface area (Å²) in [6.07, 6.45) is 0.915. The molecule has 0 aromatic heterocycles. The Bertz CT molecular complexity index is 1110. The molecule has 0 saturated heterocycles. The van der Waals surface area contributed by atoms with Crippen LogP contribution in [0.1, 0.15) is 43.2 Å². The van der Waals surface area contributed by atoms with Crippen LogP contribution in [0.25, 0.3) is 0 Å². The number of esters is 2. The number of dihydropyridines is 1. The number of methoxy groups -OCH3 is 1. The van der Waals surface area contributed by atoms with Gasteiger partial charge in [-0.15, -0.1) is 0 Å². The summed E-state index contributed by atoms with van der Waals surface area (Å²) < 4.78 is 10.6. The van der Waals surface area contributed by atoms with Gasteiger partial charge < -0.3 is 14.8 Å². The molecule has 32 heavy (non-hydrogen) atoms. The predicted octanol–water partition coefficient (Wildman–Crippen LogP) is 5.09. The molecular formula is C26H26ClNO4. The number of hydrogen-bond donors (Lipinski definition) is 1. The normalized spacial score (nSPS) is 22.3. The van der Waals surface area contributed by atoms with Crippen LogP contribution in [0.3, 0.4) is 0 Å². The molecule has 2 aromatic carbocycles. The van der Waals surface area contributed by atoms with E-state index in [9.17, 15) is 9.59 Å². The first-order chi connectivity index (χ1) is 15.5. The number of nitrogens with one attached hydrogen (secondary N) is 1. The van der Waals surface area contributed by atoms with Gasteiger partial charge in [-0.3, -0.25) is 0 Å². The molecule has 3 atom stereocenters. The fraction of sp³-hybridized carbons (Fsp3) is 0.308.